The third-order valence-corrected chi connectivity index (χ3v) is 5.86. The molecule has 0 aliphatic carbocycles. The van der Waals surface area contributed by atoms with E-state index in [4.69, 9.17) is 15.2 Å². The zero-order valence-electron chi connectivity index (χ0n) is 20.8. The summed E-state index contributed by atoms with van der Waals surface area (Å²) in [6, 6.07) is 15.9. The van der Waals surface area contributed by atoms with E-state index >= 15 is 0 Å². The second-order valence-corrected chi connectivity index (χ2v) is 8.48. The molecule has 2 aromatic carbocycles. The van der Waals surface area contributed by atoms with Gasteiger partial charge in [0, 0.05) is 17.3 Å². The minimum atomic E-state index is -0.945. The van der Waals surface area contributed by atoms with Gasteiger partial charge in [0.15, 0.2) is 0 Å². The standard InChI is InChI=1S/C27H28N4O5/c1-15(2)25(32)30-20-12-11-18(13-16(20)3)31-23(27(34)36-5)22(26(33)35-4)21(19(14-28)24(31)29)17-9-7-6-8-10-17/h6-13,15,21H,29H2,1-5H3,(H,30,32). The molecule has 36 heavy (non-hydrogen) atoms. The Balaban J connectivity index is 2.29. The summed E-state index contributed by atoms with van der Waals surface area (Å²) in [6.07, 6.45) is 0. The van der Waals surface area contributed by atoms with Crippen molar-refractivity contribution in [3.63, 3.8) is 0 Å². The van der Waals surface area contributed by atoms with Crippen LogP contribution in [0.5, 0.6) is 0 Å². The zero-order chi connectivity index (χ0) is 26.6. The number of esters is 2. The quantitative estimate of drug-likeness (QED) is 0.590. The largest absolute Gasteiger partial charge is 0.466 e. The molecule has 1 amide bonds. The van der Waals surface area contributed by atoms with E-state index in [9.17, 15) is 19.6 Å². The van der Waals surface area contributed by atoms with E-state index in [2.05, 4.69) is 11.4 Å². The Morgan fingerprint density at radius 1 is 1.06 bits per heavy atom. The van der Waals surface area contributed by atoms with Crippen LogP contribution in [0.1, 0.15) is 30.9 Å². The van der Waals surface area contributed by atoms with Crippen LogP contribution in [0.2, 0.25) is 0 Å². The highest BCUT2D eigenvalue weighted by Gasteiger charge is 2.43. The molecule has 0 saturated carbocycles. The number of carbonyl (C=O) groups is 3. The third kappa shape index (κ3) is 4.79. The van der Waals surface area contributed by atoms with Crippen LogP contribution in [-0.2, 0) is 23.9 Å². The number of anilines is 2. The number of aryl methyl sites for hydroxylation is 1. The van der Waals surface area contributed by atoms with Crippen LogP contribution in [0.25, 0.3) is 0 Å². The lowest BCUT2D eigenvalue weighted by Crippen LogP contribution is -2.40. The summed E-state index contributed by atoms with van der Waals surface area (Å²) in [5.74, 6) is -2.96. The van der Waals surface area contributed by atoms with Gasteiger partial charge >= 0.3 is 11.9 Å². The Labute approximate surface area is 209 Å². The number of benzene rings is 2. The molecule has 1 unspecified atom stereocenters. The molecular weight excluding hydrogens is 460 g/mol. The number of nitrogens with zero attached hydrogens (tertiary/aromatic N) is 2. The van der Waals surface area contributed by atoms with Gasteiger partial charge in [-0.1, -0.05) is 44.2 Å². The van der Waals surface area contributed by atoms with Gasteiger partial charge in [-0.15, -0.1) is 0 Å². The van der Waals surface area contributed by atoms with Gasteiger partial charge in [0.2, 0.25) is 5.91 Å². The number of carbonyl (C=O) groups excluding carboxylic acids is 3. The molecule has 3 N–H and O–H groups in total. The van der Waals surface area contributed by atoms with Crippen molar-refractivity contribution in [2.24, 2.45) is 11.7 Å². The van der Waals surface area contributed by atoms with E-state index in [1.54, 1.807) is 69.3 Å². The summed E-state index contributed by atoms with van der Waals surface area (Å²) in [5, 5.41) is 13.0. The van der Waals surface area contributed by atoms with E-state index in [0.29, 0.717) is 22.5 Å². The molecule has 0 fully saturated rings. The normalized spacial score (nSPS) is 15.5. The van der Waals surface area contributed by atoms with Crippen LogP contribution < -0.4 is 16.0 Å². The van der Waals surface area contributed by atoms with Crippen LogP contribution >= 0.6 is 0 Å². The molecule has 9 heteroatoms. The van der Waals surface area contributed by atoms with E-state index in [1.165, 1.54) is 19.1 Å². The number of ether oxygens (including phenoxy) is 2. The smallest absolute Gasteiger partial charge is 0.355 e. The molecule has 0 saturated heterocycles. The Morgan fingerprint density at radius 3 is 2.22 bits per heavy atom. The molecule has 2 aromatic rings. The maximum atomic E-state index is 13.1. The van der Waals surface area contributed by atoms with Gasteiger partial charge in [0.1, 0.15) is 11.5 Å². The molecule has 1 aliphatic rings. The van der Waals surface area contributed by atoms with E-state index < -0.39 is 17.9 Å². The van der Waals surface area contributed by atoms with Crippen molar-refractivity contribution in [1.29, 1.82) is 5.26 Å². The highest BCUT2D eigenvalue weighted by atomic mass is 16.5. The van der Waals surface area contributed by atoms with Crippen LogP contribution in [-0.4, -0.2) is 32.1 Å². The minimum Gasteiger partial charge on any atom is -0.466 e. The lowest BCUT2D eigenvalue weighted by molar-refractivity contribution is -0.139. The van der Waals surface area contributed by atoms with Gasteiger partial charge in [-0.25, -0.2) is 9.59 Å². The highest BCUT2D eigenvalue weighted by Crippen LogP contribution is 2.43. The van der Waals surface area contributed by atoms with Crippen LogP contribution in [0.3, 0.4) is 0 Å². The molecule has 1 heterocycles. The number of nitriles is 1. The molecular formula is C27H28N4O5. The summed E-state index contributed by atoms with van der Waals surface area (Å²) >= 11 is 0. The molecule has 0 bridgehead atoms. The summed E-state index contributed by atoms with van der Waals surface area (Å²) < 4.78 is 10.1. The van der Waals surface area contributed by atoms with Crippen molar-refractivity contribution in [2.45, 2.75) is 26.7 Å². The SMILES string of the molecule is COC(=O)C1=C(C(=O)OC)N(c2ccc(NC(=O)C(C)C)c(C)c2)C(N)=C(C#N)C1c1ccccc1. The number of hydrogen-bond acceptors (Lipinski definition) is 8. The molecule has 1 aliphatic heterocycles. The highest BCUT2D eigenvalue weighted by molar-refractivity contribution is 6.06. The molecule has 0 radical (unpaired) electrons. The van der Waals surface area contributed by atoms with Crippen molar-refractivity contribution in [3.8, 4) is 6.07 Å². The number of nitrogens with two attached hydrogens (primary N) is 1. The molecule has 0 aromatic heterocycles. The first kappa shape index (κ1) is 26.0. The van der Waals surface area contributed by atoms with Crippen molar-refractivity contribution >= 4 is 29.2 Å². The van der Waals surface area contributed by atoms with Gasteiger partial charge in [-0.05, 0) is 36.2 Å². The molecule has 0 spiro atoms. The number of rotatable bonds is 6. The molecule has 186 valence electrons. The van der Waals surface area contributed by atoms with Gasteiger partial charge in [0.25, 0.3) is 0 Å². The fourth-order valence-electron chi connectivity index (χ4n) is 3.99. The van der Waals surface area contributed by atoms with Crippen LogP contribution in [0.4, 0.5) is 11.4 Å². The number of methoxy groups -OCH3 is 2. The van der Waals surface area contributed by atoms with E-state index in [1.807, 2.05) is 0 Å². The van der Waals surface area contributed by atoms with E-state index in [-0.39, 0.29) is 34.5 Å². The number of hydrogen-bond donors (Lipinski definition) is 2. The predicted octanol–water partition coefficient (Wildman–Crippen LogP) is 3.49. The summed E-state index contributed by atoms with van der Waals surface area (Å²) in [5.41, 5.74) is 8.59. The van der Waals surface area contributed by atoms with Gasteiger partial charge in [0.05, 0.1) is 37.4 Å². The number of allylic oxidation sites excluding steroid dienone is 1. The van der Waals surface area contributed by atoms with E-state index in [0.717, 1.165) is 0 Å². The lowest BCUT2D eigenvalue weighted by Gasteiger charge is -2.36. The maximum Gasteiger partial charge on any atom is 0.355 e. The molecule has 9 nitrogen and oxygen atoms in total. The fourth-order valence-corrected chi connectivity index (χ4v) is 3.99. The average Bonchev–Trinajstić information content (AvgIpc) is 2.88. The summed E-state index contributed by atoms with van der Waals surface area (Å²) in [4.78, 5) is 39.7. The molecule has 1 atom stereocenters. The fraction of sp³-hybridized carbons (Fsp3) is 0.259. The van der Waals surface area contributed by atoms with Crippen molar-refractivity contribution in [2.75, 3.05) is 24.4 Å². The Bertz CT molecular complexity index is 1310. The number of amides is 1. The first-order chi connectivity index (χ1) is 17.2. The zero-order valence-corrected chi connectivity index (χ0v) is 20.8. The average molecular weight is 489 g/mol. The summed E-state index contributed by atoms with van der Waals surface area (Å²) in [6.45, 7) is 5.35. The predicted molar refractivity (Wildman–Crippen MR) is 134 cm³/mol. The molecule has 3 rings (SSSR count). The monoisotopic (exact) mass is 488 g/mol. The summed E-state index contributed by atoms with van der Waals surface area (Å²) in [7, 11) is 2.39. The van der Waals surface area contributed by atoms with Crippen molar-refractivity contribution < 1.29 is 23.9 Å². The van der Waals surface area contributed by atoms with Crippen molar-refractivity contribution in [3.05, 3.63) is 82.3 Å². The first-order valence-electron chi connectivity index (χ1n) is 11.2. The maximum absolute atomic E-state index is 13.1. The topological polar surface area (TPSA) is 135 Å². The van der Waals surface area contributed by atoms with Gasteiger partial charge in [-0.3, -0.25) is 9.69 Å². The number of nitrogens with one attached hydrogen (secondary N) is 1. The minimum absolute atomic E-state index is 0.0298. The Morgan fingerprint density at radius 2 is 1.69 bits per heavy atom. The van der Waals surface area contributed by atoms with Gasteiger partial charge in [-0.2, -0.15) is 5.26 Å². The van der Waals surface area contributed by atoms with Crippen LogP contribution in [0, 0.1) is 24.2 Å². The first-order valence-corrected chi connectivity index (χ1v) is 11.2. The Hall–Kier alpha value is -4.58. The lowest BCUT2D eigenvalue weighted by atomic mass is 9.81. The van der Waals surface area contributed by atoms with Crippen molar-refractivity contribution in [1.82, 2.24) is 0 Å². The van der Waals surface area contributed by atoms with Crippen LogP contribution in [0.15, 0.2) is 71.2 Å². The second-order valence-electron chi connectivity index (χ2n) is 8.48. The third-order valence-electron chi connectivity index (χ3n) is 5.86. The Kier molecular flexibility index (Phi) is 7.80. The second kappa shape index (κ2) is 10.8. The van der Waals surface area contributed by atoms with Gasteiger partial charge < -0.3 is 20.5 Å².